The van der Waals surface area contributed by atoms with Crippen LogP contribution in [-0.2, 0) is 16.1 Å². The van der Waals surface area contributed by atoms with Crippen LogP contribution in [0.3, 0.4) is 0 Å². The highest BCUT2D eigenvalue weighted by molar-refractivity contribution is 5.71. The summed E-state index contributed by atoms with van der Waals surface area (Å²) in [6, 6.07) is 0.480. The lowest BCUT2D eigenvalue weighted by molar-refractivity contribution is -0.134. The van der Waals surface area contributed by atoms with E-state index in [4.69, 9.17) is 9.84 Å². The third-order valence-electron chi connectivity index (χ3n) is 3.83. The van der Waals surface area contributed by atoms with Crippen LogP contribution < -0.4 is 5.32 Å². The quantitative estimate of drug-likeness (QED) is 0.820. The van der Waals surface area contributed by atoms with Crippen molar-refractivity contribution in [1.29, 1.82) is 0 Å². The van der Waals surface area contributed by atoms with E-state index in [-0.39, 0.29) is 12.1 Å². The Morgan fingerprint density at radius 1 is 1.50 bits per heavy atom. The van der Waals surface area contributed by atoms with Crippen LogP contribution in [0.15, 0.2) is 12.4 Å². The number of nitrogens with one attached hydrogen (secondary N) is 1. The third kappa shape index (κ3) is 4.92. The molecule has 1 aromatic heterocycles. The molecular formula is C15H24N4O3. The fraction of sp³-hybridized carbons (Fsp3) is 0.667. The van der Waals surface area contributed by atoms with Crippen LogP contribution in [0.2, 0.25) is 0 Å². The van der Waals surface area contributed by atoms with Crippen molar-refractivity contribution in [3.63, 3.8) is 0 Å². The highest BCUT2D eigenvalue weighted by Crippen LogP contribution is 2.27. The zero-order chi connectivity index (χ0) is 16.2. The largest absolute Gasteiger partial charge is 0.480 e. The number of hydrogen-bond donors (Lipinski definition) is 2. The van der Waals surface area contributed by atoms with Gasteiger partial charge in [0.15, 0.2) is 0 Å². The molecule has 7 heteroatoms. The number of carboxylic acid groups (broad SMARTS) is 1. The van der Waals surface area contributed by atoms with E-state index >= 15 is 0 Å². The molecular weight excluding hydrogens is 284 g/mol. The van der Waals surface area contributed by atoms with Crippen molar-refractivity contribution in [2.24, 2.45) is 0 Å². The Balaban J connectivity index is 1.88. The van der Waals surface area contributed by atoms with E-state index in [9.17, 15) is 4.79 Å². The van der Waals surface area contributed by atoms with Crippen molar-refractivity contribution in [3.05, 3.63) is 18.0 Å². The van der Waals surface area contributed by atoms with E-state index in [1.54, 1.807) is 12.4 Å². The number of nitrogens with zero attached hydrogens (tertiary/aromatic N) is 3. The molecule has 7 nitrogen and oxygen atoms in total. The lowest BCUT2D eigenvalue weighted by Crippen LogP contribution is -2.44. The second kappa shape index (κ2) is 7.02. The summed E-state index contributed by atoms with van der Waals surface area (Å²) in [7, 11) is 2.10. The van der Waals surface area contributed by atoms with Gasteiger partial charge in [0.25, 0.3) is 0 Å². The topological polar surface area (TPSA) is 87.6 Å². The summed E-state index contributed by atoms with van der Waals surface area (Å²) in [6.45, 7) is 5.62. The Bertz CT molecular complexity index is 504. The van der Waals surface area contributed by atoms with Gasteiger partial charge in [0.1, 0.15) is 6.54 Å². The maximum absolute atomic E-state index is 10.5. The summed E-state index contributed by atoms with van der Waals surface area (Å²) in [4.78, 5) is 21.1. The number of anilines is 1. The second-order valence-corrected chi connectivity index (χ2v) is 6.33. The molecule has 1 unspecified atom stereocenters. The Morgan fingerprint density at radius 3 is 2.77 bits per heavy atom. The van der Waals surface area contributed by atoms with Crippen LogP contribution >= 0.6 is 0 Å². The Hall–Kier alpha value is -1.73. The van der Waals surface area contributed by atoms with Gasteiger partial charge in [-0.25, -0.2) is 9.97 Å². The van der Waals surface area contributed by atoms with Crippen LogP contribution in [0.1, 0.15) is 32.3 Å². The number of hydrogen-bond acceptors (Lipinski definition) is 6. The van der Waals surface area contributed by atoms with Gasteiger partial charge >= 0.3 is 5.97 Å². The number of carboxylic acids is 1. The molecule has 0 amide bonds. The van der Waals surface area contributed by atoms with Crippen LogP contribution in [-0.4, -0.2) is 57.8 Å². The summed E-state index contributed by atoms with van der Waals surface area (Å²) in [5.41, 5.74) is 0.936. The predicted molar refractivity (Wildman–Crippen MR) is 82.7 cm³/mol. The molecule has 1 aliphatic heterocycles. The first-order valence-corrected chi connectivity index (χ1v) is 7.46. The standard InChI is InChI=1S/C15H24N4O3/c1-15(2)6-12(4-5-22-15)19(3)10-11-7-16-14(17-8-11)18-9-13(20)21/h7-8,12H,4-6,9-10H2,1-3H3,(H,20,21)(H,16,17,18). The average Bonchev–Trinajstić information content (AvgIpc) is 2.45. The minimum atomic E-state index is -0.936. The molecule has 0 bridgehead atoms. The number of ether oxygens (including phenoxy) is 1. The number of rotatable bonds is 6. The smallest absolute Gasteiger partial charge is 0.322 e. The van der Waals surface area contributed by atoms with E-state index < -0.39 is 5.97 Å². The number of carbonyl (C=O) groups is 1. The fourth-order valence-corrected chi connectivity index (χ4v) is 2.68. The highest BCUT2D eigenvalue weighted by atomic mass is 16.5. The molecule has 2 N–H and O–H groups in total. The van der Waals surface area contributed by atoms with Crippen molar-refractivity contribution < 1.29 is 14.6 Å². The summed E-state index contributed by atoms with van der Waals surface area (Å²) in [5.74, 6) is -0.601. The Morgan fingerprint density at radius 2 is 2.18 bits per heavy atom. The van der Waals surface area contributed by atoms with Crippen molar-refractivity contribution >= 4 is 11.9 Å². The van der Waals surface area contributed by atoms with Crippen LogP contribution in [0.25, 0.3) is 0 Å². The van der Waals surface area contributed by atoms with Gasteiger partial charge in [-0.3, -0.25) is 9.69 Å². The van der Waals surface area contributed by atoms with Crippen molar-refractivity contribution in [3.8, 4) is 0 Å². The zero-order valence-electron chi connectivity index (χ0n) is 13.4. The predicted octanol–water partition coefficient (Wildman–Crippen LogP) is 1.36. The molecule has 1 atom stereocenters. The molecule has 0 radical (unpaired) electrons. The third-order valence-corrected chi connectivity index (χ3v) is 3.83. The van der Waals surface area contributed by atoms with E-state index in [0.29, 0.717) is 12.0 Å². The molecule has 122 valence electrons. The van der Waals surface area contributed by atoms with Crippen LogP contribution in [0, 0.1) is 0 Å². The first-order valence-electron chi connectivity index (χ1n) is 7.46. The Labute approximate surface area is 130 Å². The number of aliphatic carboxylic acids is 1. The molecule has 2 heterocycles. The lowest BCUT2D eigenvalue weighted by atomic mass is 9.93. The molecule has 1 fully saturated rings. The first-order chi connectivity index (χ1) is 10.4. The van der Waals surface area contributed by atoms with Gasteiger partial charge in [0, 0.05) is 37.2 Å². The maximum atomic E-state index is 10.5. The molecule has 2 rings (SSSR count). The molecule has 22 heavy (non-hydrogen) atoms. The molecule has 0 saturated carbocycles. The zero-order valence-corrected chi connectivity index (χ0v) is 13.4. The fourth-order valence-electron chi connectivity index (χ4n) is 2.68. The molecule has 0 aliphatic carbocycles. The van der Waals surface area contributed by atoms with Gasteiger partial charge in [-0.1, -0.05) is 0 Å². The molecule has 1 saturated heterocycles. The first kappa shape index (κ1) is 16.6. The SMILES string of the molecule is CN(Cc1cnc(NCC(=O)O)nc1)C1CCOC(C)(C)C1. The summed E-state index contributed by atoms with van der Waals surface area (Å²) in [6.07, 6.45) is 5.50. The summed E-state index contributed by atoms with van der Waals surface area (Å²) >= 11 is 0. The van der Waals surface area contributed by atoms with Crippen molar-refractivity contribution in [2.75, 3.05) is 25.5 Å². The monoisotopic (exact) mass is 308 g/mol. The van der Waals surface area contributed by atoms with E-state index in [2.05, 4.69) is 41.1 Å². The summed E-state index contributed by atoms with van der Waals surface area (Å²) in [5, 5.41) is 11.2. The average molecular weight is 308 g/mol. The van der Waals surface area contributed by atoms with Gasteiger partial charge in [-0.05, 0) is 33.7 Å². The number of aromatic nitrogens is 2. The normalized spacial score (nSPS) is 20.8. The van der Waals surface area contributed by atoms with Crippen LogP contribution in [0.4, 0.5) is 5.95 Å². The van der Waals surface area contributed by atoms with Gasteiger partial charge in [-0.2, -0.15) is 0 Å². The van der Waals surface area contributed by atoms with E-state index in [1.807, 2.05) is 0 Å². The van der Waals surface area contributed by atoms with Crippen molar-refractivity contribution in [2.45, 2.75) is 44.9 Å². The minimum absolute atomic E-state index is 0.0711. The molecule has 0 aromatic carbocycles. The molecule has 1 aliphatic rings. The molecule has 0 spiro atoms. The van der Waals surface area contributed by atoms with Gasteiger partial charge in [-0.15, -0.1) is 0 Å². The lowest BCUT2D eigenvalue weighted by Gasteiger charge is -2.39. The highest BCUT2D eigenvalue weighted by Gasteiger charge is 2.30. The Kier molecular flexibility index (Phi) is 5.31. The van der Waals surface area contributed by atoms with E-state index in [1.165, 1.54) is 0 Å². The van der Waals surface area contributed by atoms with E-state index in [0.717, 1.165) is 31.6 Å². The maximum Gasteiger partial charge on any atom is 0.322 e. The van der Waals surface area contributed by atoms with Gasteiger partial charge in [0.2, 0.25) is 5.95 Å². The van der Waals surface area contributed by atoms with Crippen LogP contribution in [0.5, 0.6) is 0 Å². The van der Waals surface area contributed by atoms with Gasteiger partial charge in [0.05, 0.1) is 5.60 Å². The second-order valence-electron chi connectivity index (χ2n) is 6.33. The summed E-state index contributed by atoms with van der Waals surface area (Å²) < 4.78 is 5.75. The molecule has 1 aromatic rings. The van der Waals surface area contributed by atoms with Crippen molar-refractivity contribution in [1.82, 2.24) is 14.9 Å². The van der Waals surface area contributed by atoms with Gasteiger partial charge < -0.3 is 15.2 Å². The minimum Gasteiger partial charge on any atom is -0.480 e.